The SMILES string of the molecule is Cc1c(O[C@@H]2CCC[C@H](N3CCOCC3)C2)ccc2[nH]ncc12. The van der Waals surface area contributed by atoms with Crippen molar-refractivity contribution < 1.29 is 9.47 Å². The Morgan fingerprint density at radius 2 is 2.13 bits per heavy atom. The number of nitrogens with one attached hydrogen (secondary N) is 1. The summed E-state index contributed by atoms with van der Waals surface area (Å²) in [5.41, 5.74) is 2.26. The Bertz CT molecular complexity index is 663. The first-order chi connectivity index (χ1) is 11.3. The van der Waals surface area contributed by atoms with Crippen LogP contribution >= 0.6 is 0 Å². The van der Waals surface area contributed by atoms with Gasteiger partial charge in [-0.05, 0) is 44.7 Å². The van der Waals surface area contributed by atoms with Crippen molar-refractivity contribution in [3.63, 3.8) is 0 Å². The van der Waals surface area contributed by atoms with E-state index in [2.05, 4.69) is 34.2 Å². The van der Waals surface area contributed by atoms with Gasteiger partial charge < -0.3 is 9.47 Å². The molecule has 2 aromatic rings. The molecule has 1 N–H and O–H groups in total. The zero-order valence-electron chi connectivity index (χ0n) is 13.8. The van der Waals surface area contributed by atoms with E-state index in [1.807, 2.05) is 6.20 Å². The second kappa shape index (κ2) is 6.49. The van der Waals surface area contributed by atoms with Crippen LogP contribution < -0.4 is 4.74 Å². The molecule has 0 unspecified atom stereocenters. The van der Waals surface area contributed by atoms with Crippen LogP contribution in [-0.2, 0) is 4.74 Å². The number of ether oxygens (including phenoxy) is 2. The van der Waals surface area contributed by atoms with Crippen molar-refractivity contribution in [3.05, 3.63) is 23.9 Å². The molecule has 23 heavy (non-hydrogen) atoms. The molecular weight excluding hydrogens is 290 g/mol. The summed E-state index contributed by atoms with van der Waals surface area (Å²) in [6, 6.07) is 4.79. The maximum absolute atomic E-state index is 6.39. The van der Waals surface area contributed by atoms with Crippen molar-refractivity contribution >= 4 is 10.9 Å². The highest BCUT2D eigenvalue weighted by atomic mass is 16.5. The largest absolute Gasteiger partial charge is 0.490 e. The minimum absolute atomic E-state index is 0.319. The van der Waals surface area contributed by atoms with Gasteiger partial charge in [0, 0.05) is 30.1 Å². The third-order valence-electron chi connectivity index (χ3n) is 5.30. The van der Waals surface area contributed by atoms with Gasteiger partial charge in [0.15, 0.2) is 0 Å². The molecular formula is C18H25N3O2. The number of fused-ring (bicyclic) bond motifs is 1. The Balaban J connectivity index is 1.45. The van der Waals surface area contributed by atoms with Gasteiger partial charge in [0.05, 0.1) is 24.9 Å². The van der Waals surface area contributed by atoms with E-state index in [0.29, 0.717) is 12.1 Å². The number of morpholine rings is 1. The number of benzene rings is 1. The van der Waals surface area contributed by atoms with E-state index in [1.165, 1.54) is 18.4 Å². The molecule has 2 fully saturated rings. The average Bonchev–Trinajstić information content (AvgIpc) is 3.08. The van der Waals surface area contributed by atoms with E-state index < -0.39 is 0 Å². The summed E-state index contributed by atoms with van der Waals surface area (Å²) in [7, 11) is 0. The fourth-order valence-corrected chi connectivity index (χ4v) is 3.95. The average molecular weight is 315 g/mol. The molecule has 1 aliphatic carbocycles. The molecule has 1 aromatic heterocycles. The van der Waals surface area contributed by atoms with Crippen LogP contribution in [0.3, 0.4) is 0 Å². The van der Waals surface area contributed by atoms with Gasteiger partial charge in [-0.1, -0.05) is 0 Å². The number of nitrogens with zero attached hydrogens (tertiary/aromatic N) is 2. The van der Waals surface area contributed by atoms with Gasteiger partial charge in [-0.2, -0.15) is 5.10 Å². The fraction of sp³-hybridized carbons (Fsp3) is 0.611. The van der Waals surface area contributed by atoms with Gasteiger partial charge in [0.1, 0.15) is 11.9 Å². The molecule has 5 nitrogen and oxygen atoms in total. The molecule has 2 heterocycles. The van der Waals surface area contributed by atoms with E-state index in [4.69, 9.17) is 9.47 Å². The van der Waals surface area contributed by atoms with Crippen molar-refractivity contribution in [2.75, 3.05) is 26.3 Å². The van der Waals surface area contributed by atoms with E-state index >= 15 is 0 Å². The molecule has 5 heteroatoms. The number of aryl methyl sites for hydroxylation is 1. The van der Waals surface area contributed by atoms with Crippen molar-refractivity contribution in [2.24, 2.45) is 0 Å². The Kier molecular flexibility index (Phi) is 4.23. The van der Waals surface area contributed by atoms with E-state index in [0.717, 1.165) is 55.8 Å². The van der Waals surface area contributed by atoms with Crippen molar-refractivity contribution in [1.82, 2.24) is 15.1 Å². The van der Waals surface area contributed by atoms with Crippen LogP contribution in [0.4, 0.5) is 0 Å². The van der Waals surface area contributed by atoms with Gasteiger partial charge in [-0.3, -0.25) is 10.00 Å². The third-order valence-corrected chi connectivity index (χ3v) is 5.30. The monoisotopic (exact) mass is 315 g/mol. The van der Waals surface area contributed by atoms with Crippen LogP contribution in [0.25, 0.3) is 10.9 Å². The normalized spacial score (nSPS) is 26.5. The second-order valence-corrected chi connectivity index (χ2v) is 6.73. The zero-order chi connectivity index (χ0) is 15.6. The van der Waals surface area contributed by atoms with Gasteiger partial charge in [-0.15, -0.1) is 0 Å². The Labute approximate surface area is 136 Å². The van der Waals surface area contributed by atoms with Crippen molar-refractivity contribution in [2.45, 2.75) is 44.8 Å². The van der Waals surface area contributed by atoms with Crippen LogP contribution in [0.15, 0.2) is 18.3 Å². The second-order valence-electron chi connectivity index (χ2n) is 6.73. The van der Waals surface area contributed by atoms with Gasteiger partial charge in [-0.25, -0.2) is 0 Å². The van der Waals surface area contributed by atoms with Crippen LogP contribution in [0.5, 0.6) is 5.75 Å². The highest BCUT2D eigenvalue weighted by molar-refractivity contribution is 5.83. The molecule has 124 valence electrons. The summed E-state index contributed by atoms with van der Waals surface area (Å²) >= 11 is 0. The molecule has 2 atom stereocenters. The smallest absolute Gasteiger partial charge is 0.123 e. The lowest BCUT2D eigenvalue weighted by molar-refractivity contribution is -0.00602. The predicted octanol–water partition coefficient (Wildman–Crippen LogP) is 2.89. The molecule has 4 rings (SSSR count). The van der Waals surface area contributed by atoms with E-state index in [9.17, 15) is 0 Å². The Morgan fingerprint density at radius 1 is 1.26 bits per heavy atom. The fourth-order valence-electron chi connectivity index (χ4n) is 3.95. The third kappa shape index (κ3) is 3.08. The molecule has 2 aliphatic rings. The summed E-state index contributed by atoms with van der Waals surface area (Å²) in [6.45, 7) is 6.00. The summed E-state index contributed by atoms with van der Waals surface area (Å²) in [6.07, 6.45) is 7.03. The summed E-state index contributed by atoms with van der Waals surface area (Å²) < 4.78 is 11.9. The van der Waals surface area contributed by atoms with Gasteiger partial charge in [0.2, 0.25) is 0 Å². The number of aromatic nitrogens is 2. The van der Waals surface area contributed by atoms with Crippen LogP contribution in [0.2, 0.25) is 0 Å². The standard InChI is InChI=1S/C18H25N3O2/c1-13-16-12-19-20-17(16)5-6-18(13)23-15-4-2-3-14(11-15)21-7-9-22-10-8-21/h5-6,12,14-15H,2-4,7-11H2,1H3,(H,19,20)/t14-,15+/m0/s1. The lowest BCUT2D eigenvalue weighted by Gasteiger charge is -2.39. The summed E-state index contributed by atoms with van der Waals surface area (Å²) in [5, 5.41) is 8.30. The summed E-state index contributed by atoms with van der Waals surface area (Å²) in [4.78, 5) is 2.59. The van der Waals surface area contributed by atoms with Gasteiger partial charge in [0.25, 0.3) is 0 Å². The minimum Gasteiger partial charge on any atom is -0.490 e. The number of H-pyrrole nitrogens is 1. The molecule has 1 saturated carbocycles. The minimum atomic E-state index is 0.319. The highest BCUT2D eigenvalue weighted by Gasteiger charge is 2.29. The maximum atomic E-state index is 6.39. The van der Waals surface area contributed by atoms with E-state index in [-0.39, 0.29) is 0 Å². The summed E-state index contributed by atoms with van der Waals surface area (Å²) in [5.74, 6) is 1.01. The molecule has 0 spiro atoms. The van der Waals surface area contributed by atoms with Gasteiger partial charge >= 0.3 is 0 Å². The first kappa shape index (κ1) is 15.0. The number of rotatable bonds is 3. The highest BCUT2D eigenvalue weighted by Crippen LogP contribution is 2.31. The molecule has 1 aromatic carbocycles. The zero-order valence-corrected chi connectivity index (χ0v) is 13.8. The topological polar surface area (TPSA) is 50.4 Å². The maximum Gasteiger partial charge on any atom is 0.123 e. The molecule has 0 bridgehead atoms. The van der Waals surface area contributed by atoms with Crippen LogP contribution in [0.1, 0.15) is 31.2 Å². The number of hydrogen-bond acceptors (Lipinski definition) is 4. The molecule has 1 saturated heterocycles. The molecule has 1 aliphatic heterocycles. The number of aromatic amines is 1. The van der Waals surface area contributed by atoms with Crippen LogP contribution in [0, 0.1) is 6.92 Å². The van der Waals surface area contributed by atoms with E-state index in [1.54, 1.807) is 0 Å². The van der Waals surface area contributed by atoms with Crippen molar-refractivity contribution in [3.8, 4) is 5.75 Å². The first-order valence-corrected chi connectivity index (χ1v) is 8.72. The first-order valence-electron chi connectivity index (χ1n) is 8.72. The Hall–Kier alpha value is -1.59. The Morgan fingerprint density at radius 3 is 3.00 bits per heavy atom. The number of hydrogen-bond donors (Lipinski definition) is 1. The lowest BCUT2D eigenvalue weighted by atomic mass is 9.91. The molecule has 0 amide bonds. The molecule has 0 radical (unpaired) electrons. The van der Waals surface area contributed by atoms with Crippen molar-refractivity contribution in [1.29, 1.82) is 0 Å². The lowest BCUT2D eigenvalue weighted by Crippen LogP contribution is -2.47. The van der Waals surface area contributed by atoms with Crippen LogP contribution in [-0.4, -0.2) is 53.5 Å². The predicted molar refractivity (Wildman–Crippen MR) is 89.9 cm³/mol. The quantitative estimate of drug-likeness (QED) is 0.946.